The second-order valence-electron chi connectivity index (χ2n) is 4.10. The van der Waals surface area contributed by atoms with E-state index in [0.29, 0.717) is 5.69 Å². The first kappa shape index (κ1) is 14.2. The molecule has 1 aromatic heterocycles. The van der Waals surface area contributed by atoms with Gasteiger partial charge in [-0.05, 0) is 32.4 Å². The molecule has 0 atom stereocenters. The van der Waals surface area contributed by atoms with Gasteiger partial charge >= 0.3 is 0 Å². The molecule has 0 radical (unpaired) electrons. The number of carbonyl (C=O) groups is 1. The Morgan fingerprint density at radius 3 is 2.53 bits per heavy atom. The third-order valence-corrected chi connectivity index (χ3v) is 2.90. The average molecular weight is 277 g/mol. The van der Waals surface area contributed by atoms with Crippen LogP contribution in [0.5, 0.6) is 0 Å². The van der Waals surface area contributed by atoms with Crippen molar-refractivity contribution < 1.29 is 9.53 Å². The minimum absolute atomic E-state index is 0.162. The Kier molecular flexibility index (Phi) is 4.36. The molecule has 0 saturated carbocycles. The molecule has 4 nitrogen and oxygen atoms in total. The highest BCUT2D eigenvalue weighted by atomic mass is 35.5. The number of nitrogens with zero attached hydrogens (tertiary/aromatic N) is 1. The highest BCUT2D eigenvalue weighted by molar-refractivity contribution is 6.34. The summed E-state index contributed by atoms with van der Waals surface area (Å²) in [6.07, 6.45) is 0. The highest BCUT2D eigenvalue weighted by Crippen LogP contribution is 2.27. The zero-order chi connectivity index (χ0) is 13.2. The van der Waals surface area contributed by atoms with Crippen LogP contribution < -0.4 is 5.32 Å². The molecular formula is C11H14Cl2N2O2. The minimum Gasteiger partial charge on any atom is -0.369 e. The van der Waals surface area contributed by atoms with Crippen LogP contribution in [0.4, 0.5) is 5.69 Å². The maximum absolute atomic E-state index is 11.9. The summed E-state index contributed by atoms with van der Waals surface area (Å²) < 4.78 is 5.07. The number of methoxy groups -OCH3 is 1. The molecule has 0 aliphatic heterocycles. The number of hydrogen-bond donors (Lipinski definition) is 1. The van der Waals surface area contributed by atoms with Crippen LogP contribution in [0, 0.1) is 6.92 Å². The van der Waals surface area contributed by atoms with E-state index in [1.54, 1.807) is 26.8 Å². The van der Waals surface area contributed by atoms with E-state index in [9.17, 15) is 4.79 Å². The van der Waals surface area contributed by atoms with Crippen molar-refractivity contribution in [1.82, 2.24) is 4.98 Å². The van der Waals surface area contributed by atoms with Gasteiger partial charge in [-0.25, -0.2) is 4.98 Å². The van der Waals surface area contributed by atoms with E-state index >= 15 is 0 Å². The van der Waals surface area contributed by atoms with Crippen LogP contribution >= 0.6 is 23.2 Å². The quantitative estimate of drug-likeness (QED) is 0.864. The largest absolute Gasteiger partial charge is 0.369 e. The van der Waals surface area contributed by atoms with Crippen molar-refractivity contribution in [3.05, 3.63) is 21.9 Å². The third-order valence-electron chi connectivity index (χ3n) is 2.44. The number of ether oxygens (including phenoxy) is 1. The standard InChI is InChI=1S/C11H14Cl2N2O2/c1-6-5-7(12)14-9(13)8(6)15-10(16)11(2,3)17-4/h5H,1-4H3,(H,15,16). The Hall–Kier alpha value is -0.840. The SMILES string of the molecule is COC(C)(C)C(=O)Nc1c(C)cc(Cl)nc1Cl. The van der Waals surface area contributed by atoms with E-state index in [0.717, 1.165) is 5.56 Å². The Morgan fingerprint density at radius 1 is 1.47 bits per heavy atom. The summed E-state index contributed by atoms with van der Waals surface area (Å²) in [5, 5.41) is 3.13. The van der Waals surface area contributed by atoms with Gasteiger partial charge in [-0.3, -0.25) is 4.79 Å². The lowest BCUT2D eigenvalue weighted by atomic mass is 10.1. The number of rotatable bonds is 3. The monoisotopic (exact) mass is 276 g/mol. The molecule has 1 rings (SSSR count). The molecule has 0 spiro atoms. The second-order valence-corrected chi connectivity index (χ2v) is 4.84. The van der Waals surface area contributed by atoms with Crippen LogP contribution in [-0.2, 0) is 9.53 Å². The van der Waals surface area contributed by atoms with Crippen molar-refractivity contribution in [2.24, 2.45) is 0 Å². The van der Waals surface area contributed by atoms with Crippen LogP contribution in [0.25, 0.3) is 0 Å². The van der Waals surface area contributed by atoms with Gasteiger partial charge < -0.3 is 10.1 Å². The van der Waals surface area contributed by atoms with Gasteiger partial charge in [-0.2, -0.15) is 0 Å². The summed E-state index contributed by atoms with van der Waals surface area (Å²) in [4.78, 5) is 15.8. The Morgan fingerprint density at radius 2 is 2.06 bits per heavy atom. The van der Waals surface area contributed by atoms with Crippen molar-refractivity contribution in [3.63, 3.8) is 0 Å². The Bertz CT molecular complexity index is 424. The van der Waals surface area contributed by atoms with Crippen LogP contribution in [0.15, 0.2) is 6.07 Å². The summed E-state index contributed by atoms with van der Waals surface area (Å²) in [5.74, 6) is -0.297. The average Bonchev–Trinajstić information content (AvgIpc) is 2.22. The fraction of sp³-hybridized carbons (Fsp3) is 0.455. The first-order chi connectivity index (χ1) is 7.77. The zero-order valence-electron chi connectivity index (χ0n) is 10.1. The molecule has 0 bridgehead atoms. The molecule has 17 heavy (non-hydrogen) atoms. The molecule has 0 aromatic carbocycles. The molecule has 0 aliphatic carbocycles. The van der Waals surface area contributed by atoms with Gasteiger partial charge in [0.1, 0.15) is 10.8 Å². The van der Waals surface area contributed by atoms with Gasteiger partial charge in [0.2, 0.25) is 0 Å². The molecule has 0 aliphatic rings. The number of amides is 1. The molecule has 1 amide bonds. The van der Waals surface area contributed by atoms with Crippen molar-refractivity contribution in [3.8, 4) is 0 Å². The summed E-state index contributed by atoms with van der Waals surface area (Å²) in [6.45, 7) is 5.11. The molecule has 1 aromatic rings. The first-order valence-electron chi connectivity index (χ1n) is 4.97. The Balaban J connectivity index is 3.01. The highest BCUT2D eigenvalue weighted by Gasteiger charge is 2.28. The van der Waals surface area contributed by atoms with Crippen molar-refractivity contribution in [2.75, 3.05) is 12.4 Å². The molecule has 0 unspecified atom stereocenters. The normalized spacial score (nSPS) is 11.4. The number of aromatic nitrogens is 1. The van der Waals surface area contributed by atoms with Gasteiger partial charge in [0, 0.05) is 7.11 Å². The molecular weight excluding hydrogens is 263 g/mol. The molecule has 0 fully saturated rings. The lowest BCUT2D eigenvalue weighted by Crippen LogP contribution is -2.39. The zero-order valence-corrected chi connectivity index (χ0v) is 11.6. The fourth-order valence-electron chi connectivity index (χ4n) is 1.10. The van der Waals surface area contributed by atoms with Gasteiger partial charge in [0.15, 0.2) is 5.15 Å². The number of hydrogen-bond acceptors (Lipinski definition) is 3. The van der Waals surface area contributed by atoms with Gasteiger partial charge in [0.25, 0.3) is 5.91 Å². The molecule has 1 N–H and O–H groups in total. The number of anilines is 1. The predicted molar refractivity (Wildman–Crippen MR) is 68.7 cm³/mol. The number of carbonyl (C=O) groups excluding carboxylic acids is 1. The molecule has 6 heteroatoms. The fourth-order valence-corrected chi connectivity index (χ4v) is 1.68. The number of aryl methyl sites for hydroxylation is 1. The maximum Gasteiger partial charge on any atom is 0.256 e. The number of nitrogens with one attached hydrogen (secondary N) is 1. The van der Waals surface area contributed by atoms with Crippen molar-refractivity contribution >= 4 is 34.8 Å². The molecule has 0 saturated heterocycles. The third kappa shape index (κ3) is 3.31. The lowest BCUT2D eigenvalue weighted by molar-refractivity contribution is -0.133. The van der Waals surface area contributed by atoms with Gasteiger partial charge in [0.05, 0.1) is 5.69 Å². The van der Waals surface area contributed by atoms with E-state index in [1.807, 2.05) is 0 Å². The van der Waals surface area contributed by atoms with Crippen LogP contribution in [0.3, 0.4) is 0 Å². The van der Waals surface area contributed by atoms with E-state index in [2.05, 4.69) is 10.3 Å². The lowest BCUT2D eigenvalue weighted by Gasteiger charge is -2.22. The predicted octanol–water partition coefficient (Wildman–Crippen LogP) is 3.06. The summed E-state index contributed by atoms with van der Waals surface area (Å²) in [5.41, 5.74) is 0.261. The maximum atomic E-state index is 11.9. The number of halogens is 2. The Labute approximate surface area is 110 Å². The van der Waals surface area contributed by atoms with Crippen molar-refractivity contribution in [1.29, 1.82) is 0 Å². The van der Waals surface area contributed by atoms with Gasteiger partial charge in [-0.15, -0.1) is 0 Å². The summed E-state index contributed by atoms with van der Waals surface area (Å²) in [6, 6.07) is 1.63. The van der Waals surface area contributed by atoms with Crippen LogP contribution in [0.1, 0.15) is 19.4 Å². The summed E-state index contributed by atoms with van der Waals surface area (Å²) in [7, 11) is 1.47. The number of pyridine rings is 1. The first-order valence-corrected chi connectivity index (χ1v) is 5.72. The van der Waals surface area contributed by atoms with E-state index in [-0.39, 0.29) is 16.2 Å². The molecule has 94 valence electrons. The smallest absolute Gasteiger partial charge is 0.256 e. The van der Waals surface area contributed by atoms with E-state index in [4.69, 9.17) is 27.9 Å². The van der Waals surface area contributed by atoms with Crippen LogP contribution in [-0.4, -0.2) is 23.6 Å². The van der Waals surface area contributed by atoms with Gasteiger partial charge in [-0.1, -0.05) is 23.2 Å². The second kappa shape index (κ2) is 5.21. The van der Waals surface area contributed by atoms with E-state index < -0.39 is 5.60 Å². The van der Waals surface area contributed by atoms with E-state index in [1.165, 1.54) is 7.11 Å². The molecule has 1 heterocycles. The van der Waals surface area contributed by atoms with Crippen molar-refractivity contribution in [2.45, 2.75) is 26.4 Å². The summed E-state index contributed by atoms with van der Waals surface area (Å²) >= 11 is 11.7. The minimum atomic E-state index is -0.935. The van der Waals surface area contributed by atoms with Crippen LogP contribution in [0.2, 0.25) is 10.3 Å². The topological polar surface area (TPSA) is 51.2 Å².